The Morgan fingerprint density at radius 3 is 2.90 bits per heavy atom. The minimum atomic E-state index is 0.716. The minimum absolute atomic E-state index is 0.716. The van der Waals surface area contributed by atoms with E-state index in [1.165, 1.54) is 0 Å². The maximum absolute atomic E-state index is 9.77. The number of carbonyl (C=O) groups excluding carboxylic acids is 1. The maximum atomic E-state index is 9.77. The van der Waals surface area contributed by atoms with Crippen LogP contribution >= 0.6 is 0 Å². The van der Waals surface area contributed by atoms with Crippen molar-refractivity contribution < 1.29 is 4.79 Å². The maximum Gasteiger partial charge on any atom is 0.207 e. The van der Waals surface area contributed by atoms with Crippen molar-refractivity contribution >= 4 is 6.41 Å². The molecule has 0 aromatic rings. The fourth-order valence-corrected chi connectivity index (χ4v) is 0.581. The summed E-state index contributed by atoms with van der Waals surface area (Å²) in [6.07, 6.45) is 3.44. The van der Waals surface area contributed by atoms with Crippen molar-refractivity contribution in [3.63, 3.8) is 0 Å². The summed E-state index contributed by atoms with van der Waals surface area (Å²) in [5, 5.41) is 2.59. The Hall–Kier alpha value is -0.990. The van der Waals surface area contributed by atoms with E-state index in [-0.39, 0.29) is 0 Å². The Kier molecular flexibility index (Phi) is 5.53. The van der Waals surface area contributed by atoms with Gasteiger partial charge in [0.05, 0.1) is 0 Å². The van der Waals surface area contributed by atoms with Crippen LogP contribution < -0.4 is 5.32 Å². The molecule has 0 saturated carbocycles. The molecule has 0 bridgehead atoms. The monoisotopic (exact) mass is 142 g/mol. The SMILES string of the molecule is C=CN(C)CCCNC=O. The molecule has 1 N–H and O–H groups in total. The van der Waals surface area contributed by atoms with Crippen molar-refractivity contribution in [1.82, 2.24) is 10.2 Å². The summed E-state index contributed by atoms with van der Waals surface area (Å²) in [5.41, 5.74) is 0. The molecule has 10 heavy (non-hydrogen) atoms. The first-order valence-corrected chi connectivity index (χ1v) is 3.31. The van der Waals surface area contributed by atoms with Gasteiger partial charge in [-0.05, 0) is 12.6 Å². The van der Waals surface area contributed by atoms with E-state index in [1.807, 2.05) is 11.9 Å². The Labute approximate surface area is 61.7 Å². The van der Waals surface area contributed by atoms with E-state index in [9.17, 15) is 4.79 Å². The molecule has 0 aliphatic carbocycles. The van der Waals surface area contributed by atoms with Crippen LogP contribution in [0.2, 0.25) is 0 Å². The molecular weight excluding hydrogens is 128 g/mol. The van der Waals surface area contributed by atoms with Gasteiger partial charge in [-0.1, -0.05) is 6.58 Å². The predicted octanol–water partition coefficient (Wildman–Crippen LogP) is 0.198. The van der Waals surface area contributed by atoms with Gasteiger partial charge in [0, 0.05) is 20.1 Å². The lowest BCUT2D eigenvalue weighted by atomic mass is 10.4. The molecule has 58 valence electrons. The summed E-state index contributed by atoms with van der Waals surface area (Å²) in [4.78, 5) is 11.8. The number of nitrogens with zero attached hydrogens (tertiary/aromatic N) is 1. The lowest BCUT2D eigenvalue weighted by molar-refractivity contribution is -0.109. The average Bonchev–Trinajstić information content (AvgIpc) is 1.98. The van der Waals surface area contributed by atoms with Gasteiger partial charge in [0.15, 0.2) is 0 Å². The van der Waals surface area contributed by atoms with Crippen LogP contribution in [-0.4, -0.2) is 31.4 Å². The van der Waals surface area contributed by atoms with Crippen molar-refractivity contribution in [3.8, 4) is 0 Å². The van der Waals surface area contributed by atoms with Crippen LogP contribution in [0.5, 0.6) is 0 Å². The molecule has 0 unspecified atom stereocenters. The molecule has 1 amide bonds. The largest absolute Gasteiger partial charge is 0.381 e. The zero-order chi connectivity index (χ0) is 7.82. The van der Waals surface area contributed by atoms with Crippen molar-refractivity contribution in [1.29, 1.82) is 0 Å². The van der Waals surface area contributed by atoms with Crippen LogP contribution in [0.1, 0.15) is 6.42 Å². The first-order valence-electron chi connectivity index (χ1n) is 3.31. The molecule has 0 heterocycles. The van der Waals surface area contributed by atoms with E-state index in [0.29, 0.717) is 6.41 Å². The summed E-state index contributed by atoms with van der Waals surface area (Å²) in [6, 6.07) is 0. The third-order valence-corrected chi connectivity index (χ3v) is 1.23. The van der Waals surface area contributed by atoms with Crippen molar-refractivity contribution in [3.05, 3.63) is 12.8 Å². The van der Waals surface area contributed by atoms with Gasteiger partial charge in [0.25, 0.3) is 0 Å². The van der Waals surface area contributed by atoms with Gasteiger partial charge < -0.3 is 10.2 Å². The molecule has 0 aliphatic heterocycles. The van der Waals surface area contributed by atoms with Crippen molar-refractivity contribution in [2.75, 3.05) is 20.1 Å². The normalized spacial score (nSPS) is 8.50. The molecule has 3 nitrogen and oxygen atoms in total. The second-order valence-corrected chi connectivity index (χ2v) is 2.09. The van der Waals surface area contributed by atoms with Gasteiger partial charge in [-0.2, -0.15) is 0 Å². The molecule has 0 fully saturated rings. The van der Waals surface area contributed by atoms with Gasteiger partial charge in [-0.15, -0.1) is 0 Å². The second kappa shape index (κ2) is 6.13. The van der Waals surface area contributed by atoms with Crippen LogP contribution in [-0.2, 0) is 4.79 Å². The lowest BCUT2D eigenvalue weighted by Gasteiger charge is -2.11. The topological polar surface area (TPSA) is 32.3 Å². The third-order valence-electron chi connectivity index (χ3n) is 1.23. The highest BCUT2D eigenvalue weighted by Gasteiger charge is 1.88. The first-order chi connectivity index (χ1) is 4.81. The third kappa shape index (κ3) is 5.15. The van der Waals surface area contributed by atoms with E-state index < -0.39 is 0 Å². The molecule has 0 aromatic heterocycles. The van der Waals surface area contributed by atoms with E-state index in [0.717, 1.165) is 19.5 Å². The Morgan fingerprint density at radius 1 is 1.70 bits per heavy atom. The lowest BCUT2D eigenvalue weighted by Crippen LogP contribution is -2.19. The fourth-order valence-electron chi connectivity index (χ4n) is 0.581. The number of nitrogens with one attached hydrogen (secondary N) is 1. The highest BCUT2D eigenvalue weighted by molar-refractivity contribution is 5.45. The molecule has 0 radical (unpaired) electrons. The zero-order valence-electron chi connectivity index (χ0n) is 6.34. The molecule has 0 spiro atoms. The summed E-state index contributed by atoms with van der Waals surface area (Å²) < 4.78 is 0. The van der Waals surface area contributed by atoms with Crippen LogP contribution in [0.25, 0.3) is 0 Å². The molecule has 0 rings (SSSR count). The van der Waals surface area contributed by atoms with Crippen molar-refractivity contribution in [2.45, 2.75) is 6.42 Å². The van der Waals surface area contributed by atoms with Gasteiger partial charge in [-0.3, -0.25) is 4.79 Å². The number of carbonyl (C=O) groups is 1. The number of amides is 1. The minimum Gasteiger partial charge on any atom is -0.381 e. The van der Waals surface area contributed by atoms with Gasteiger partial charge in [0.2, 0.25) is 6.41 Å². The van der Waals surface area contributed by atoms with Gasteiger partial charge in [0.1, 0.15) is 0 Å². The number of hydrogen-bond acceptors (Lipinski definition) is 2. The van der Waals surface area contributed by atoms with Gasteiger partial charge >= 0.3 is 0 Å². The van der Waals surface area contributed by atoms with E-state index >= 15 is 0 Å². The molecule has 0 saturated heterocycles. The summed E-state index contributed by atoms with van der Waals surface area (Å²) >= 11 is 0. The van der Waals surface area contributed by atoms with Crippen molar-refractivity contribution in [2.24, 2.45) is 0 Å². The molecule has 0 atom stereocenters. The Balaban J connectivity index is 3.02. The van der Waals surface area contributed by atoms with Gasteiger partial charge in [-0.25, -0.2) is 0 Å². The number of rotatable bonds is 6. The number of hydrogen-bond donors (Lipinski definition) is 1. The quantitative estimate of drug-likeness (QED) is 0.424. The summed E-state index contributed by atoms with van der Waals surface area (Å²) in [7, 11) is 1.95. The molecule has 0 aliphatic rings. The summed E-state index contributed by atoms with van der Waals surface area (Å²) in [5.74, 6) is 0. The Bertz CT molecular complexity index is 104. The molecule has 0 aromatic carbocycles. The average molecular weight is 142 g/mol. The van der Waals surface area contributed by atoms with Crippen LogP contribution in [0.4, 0.5) is 0 Å². The smallest absolute Gasteiger partial charge is 0.207 e. The van der Waals surface area contributed by atoms with Crippen LogP contribution in [0.15, 0.2) is 12.8 Å². The fraction of sp³-hybridized carbons (Fsp3) is 0.571. The zero-order valence-corrected chi connectivity index (χ0v) is 6.34. The molecular formula is C7H14N2O. The van der Waals surface area contributed by atoms with E-state index in [1.54, 1.807) is 6.20 Å². The standard InChI is InChI=1S/C7H14N2O/c1-3-9(2)6-4-5-8-7-10/h3,7H,1,4-6H2,2H3,(H,8,10). The second-order valence-electron chi connectivity index (χ2n) is 2.09. The van der Waals surface area contributed by atoms with E-state index in [2.05, 4.69) is 11.9 Å². The predicted molar refractivity (Wildman–Crippen MR) is 41.5 cm³/mol. The highest BCUT2D eigenvalue weighted by atomic mass is 16.1. The van der Waals surface area contributed by atoms with Crippen LogP contribution in [0, 0.1) is 0 Å². The highest BCUT2D eigenvalue weighted by Crippen LogP contribution is 1.84. The Morgan fingerprint density at radius 2 is 2.40 bits per heavy atom. The van der Waals surface area contributed by atoms with E-state index in [4.69, 9.17) is 0 Å². The van der Waals surface area contributed by atoms with Crippen LogP contribution in [0.3, 0.4) is 0 Å². The first kappa shape index (κ1) is 9.01. The summed E-state index contributed by atoms with van der Waals surface area (Å²) in [6.45, 7) is 5.27. The molecule has 3 heteroatoms.